The van der Waals surface area contributed by atoms with Crippen molar-refractivity contribution in [2.75, 3.05) is 18.0 Å². The quantitative estimate of drug-likeness (QED) is 0.747. The second-order valence-corrected chi connectivity index (χ2v) is 3.71. The Morgan fingerprint density at radius 3 is 2.40 bits per heavy atom. The second kappa shape index (κ2) is 5.56. The molecule has 82 valence electrons. The molecular formula is C13H20N2. The Bertz CT molecular complexity index is 301. The van der Waals surface area contributed by atoms with Crippen molar-refractivity contribution in [2.45, 2.75) is 19.9 Å². The molecule has 0 radical (unpaired) electrons. The fourth-order valence-electron chi connectivity index (χ4n) is 1.56. The topological polar surface area (TPSA) is 29.3 Å². The first-order valence-corrected chi connectivity index (χ1v) is 5.40. The summed E-state index contributed by atoms with van der Waals surface area (Å²) in [4.78, 5) is 2.26. The Morgan fingerprint density at radius 2 is 2.00 bits per heavy atom. The fraction of sp³-hybridized carbons (Fsp3) is 0.385. The highest BCUT2D eigenvalue weighted by atomic mass is 15.1. The van der Waals surface area contributed by atoms with Gasteiger partial charge in [-0.25, -0.2) is 0 Å². The molecule has 1 atom stereocenters. The maximum absolute atomic E-state index is 5.80. The summed E-state index contributed by atoms with van der Waals surface area (Å²) in [5, 5.41) is 0. The van der Waals surface area contributed by atoms with Gasteiger partial charge in [-0.15, -0.1) is 6.58 Å². The summed E-state index contributed by atoms with van der Waals surface area (Å²) in [5.41, 5.74) is 8.20. The molecule has 1 unspecified atom stereocenters. The van der Waals surface area contributed by atoms with Crippen LogP contribution in [0.2, 0.25) is 0 Å². The molecule has 0 spiro atoms. The molecule has 0 aliphatic rings. The third kappa shape index (κ3) is 3.10. The molecule has 1 rings (SSSR count). The number of likely N-dealkylation sites (N-methyl/N-ethyl adjacent to an activating group) is 1. The molecule has 0 bridgehead atoms. The minimum Gasteiger partial charge on any atom is -0.368 e. The fourth-order valence-corrected chi connectivity index (χ4v) is 1.56. The molecule has 0 heterocycles. The van der Waals surface area contributed by atoms with Gasteiger partial charge in [0, 0.05) is 24.8 Å². The first kappa shape index (κ1) is 11.8. The molecule has 2 heteroatoms. The molecule has 0 aliphatic heterocycles. The highest BCUT2D eigenvalue weighted by molar-refractivity contribution is 5.48. The summed E-state index contributed by atoms with van der Waals surface area (Å²) in [6.07, 6.45) is 1.92. The first-order chi connectivity index (χ1) is 7.19. The number of nitrogens with two attached hydrogens (primary N) is 1. The van der Waals surface area contributed by atoms with E-state index in [-0.39, 0.29) is 6.04 Å². The van der Waals surface area contributed by atoms with Gasteiger partial charge in [0.15, 0.2) is 0 Å². The molecule has 15 heavy (non-hydrogen) atoms. The largest absolute Gasteiger partial charge is 0.368 e. The smallest absolute Gasteiger partial charge is 0.0369 e. The van der Waals surface area contributed by atoms with Crippen LogP contribution >= 0.6 is 0 Å². The van der Waals surface area contributed by atoms with Crippen molar-refractivity contribution in [2.24, 2.45) is 5.73 Å². The highest BCUT2D eigenvalue weighted by Crippen LogP contribution is 2.17. The predicted molar refractivity (Wildman–Crippen MR) is 67.1 cm³/mol. The number of benzene rings is 1. The molecule has 0 saturated heterocycles. The van der Waals surface area contributed by atoms with Crippen molar-refractivity contribution in [1.29, 1.82) is 0 Å². The van der Waals surface area contributed by atoms with Crippen LogP contribution in [0.3, 0.4) is 0 Å². The molecule has 2 nitrogen and oxygen atoms in total. The lowest BCUT2D eigenvalue weighted by Gasteiger charge is -2.21. The van der Waals surface area contributed by atoms with Crippen LogP contribution in [-0.2, 0) is 0 Å². The van der Waals surface area contributed by atoms with Crippen molar-refractivity contribution >= 4 is 5.69 Å². The number of nitrogens with zero attached hydrogens (tertiary/aromatic N) is 1. The van der Waals surface area contributed by atoms with E-state index in [4.69, 9.17) is 5.73 Å². The van der Waals surface area contributed by atoms with Crippen LogP contribution in [0.5, 0.6) is 0 Å². The van der Waals surface area contributed by atoms with E-state index in [1.807, 2.05) is 13.0 Å². The van der Waals surface area contributed by atoms with E-state index in [1.165, 1.54) is 11.3 Å². The maximum atomic E-state index is 5.80. The van der Waals surface area contributed by atoms with Crippen LogP contribution in [0.1, 0.15) is 25.5 Å². The minimum absolute atomic E-state index is 0.105. The van der Waals surface area contributed by atoms with Crippen molar-refractivity contribution in [3.63, 3.8) is 0 Å². The van der Waals surface area contributed by atoms with Gasteiger partial charge in [0.25, 0.3) is 0 Å². The van der Waals surface area contributed by atoms with E-state index >= 15 is 0 Å². The highest BCUT2D eigenvalue weighted by Gasteiger charge is 2.03. The van der Waals surface area contributed by atoms with Crippen molar-refractivity contribution in [3.8, 4) is 0 Å². The summed E-state index contributed by atoms with van der Waals surface area (Å²) in [7, 11) is 0. The van der Waals surface area contributed by atoms with Crippen LogP contribution in [0.25, 0.3) is 0 Å². The van der Waals surface area contributed by atoms with Gasteiger partial charge in [-0.2, -0.15) is 0 Å². The third-order valence-corrected chi connectivity index (χ3v) is 2.52. The Kier molecular flexibility index (Phi) is 4.37. The van der Waals surface area contributed by atoms with E-state index < -0.39 is 0 Å². The van der Waals surface area contributed by atoms with Gasteiger partial charge in [0.2, 0.25) is 0 Å². The van der Waals surface area contributed by atoms with Crippen LogP contribution in [0, 0.1) is 0 Å². The molecule has 1 aromatic rings. The summed E-state index contributed by atoms with van der Waals surface area (Å²) in [5.74, 6) is 0. The van der Waals surface area contributed by atoms with Gasteiger partial charge in [-0.05, 0) is 31.5 Å². The molecule has 2 N–H and O–H groups in total. The van der Waals surface area contributed by atoms with E-state index in [2.05, 4.69) is 42.7 Å². The Balaban J connectivity index is 2.81. The number of hydrogen-bond donors (Lipinski definition) is 1. The lowest BCUT2D eigenvalue weighted by Crippen LogP contribution is -2.22. The van der Waals surface area contributed by atoms with Gasteiger partial charge in [-0.3, -0.25) is 0 Å². The van der Waals surface area contributed by atoms with Crippen molar-refractivity contribution in [3.05, 3.63) is 42.5 Å². The number of anilines is 1. The zero-order chi connectivity index (χ0) is 11.3. The molecular weight excluding hydrogens is 184 g/mol. The van der Waals surface area contributed by atoms with E-state index in [0.29, 0.717) is 0 Å². The molecule has 0 aromatic heterocycles. The van der Waals surface area contributed by atoms with E-state index in [0.717, 1.165) is 13.1 Å². The summed E-state index contributed by atoms with van der Waals surface area (Å²) < 4.78 is 0. The average Bonchev–Trinajstić information content (AvgIpc) is 2.26. The summed E-state index contributed by atoms with van der Waals surface area (Å²) in [6.45, 7) is 9.77. The second-order valence-electron chi connectivity index (χ2n) is 3.71. The lowest BCUT2D eigenvalue weighted by molar-refractivity contribution is 0.816. The van der Waals surface area contributed by atoms with E-state index in [1.54, 1.807) is 0 Å². The Hall–Kier alpha value is -1.28. The molecule has 0 saturated carbocycles. The Morgan fingerprint density at radius 1 is 1.40 bits per heavy atom. The lowest BCUT2D eigenvalue weighted by atomic mass is 10.1. The van der Waals surface area contributed by atoms with Crippen LogP contribution in [0.15, 0.2) is 36.9 Å². The number of hydrogen-bond acceptors (Lipinski definition) is 2. The zero-order valence-corrected chi connectivity index (χ0v) is 9.61. The molecule has 0 amide bonds. The SMILES string of the molecule is C=CCN(CC)c1ccc(C(C)N)cc1. The zero-order valence-electron chi connectivity index (χ0n) is 9.61. The van der Waals surface area contributed by atoms with Gasteiger partial charge in [-0.1, -0.05) is 18.2 Å². The maximum Gasteiger partial charge on any atom is 0.0369 e. The monoisotopic (exact) mass is 204 g/mol. The molecule has 0 aliphatic carbocycles. The summed E-state index contributed by atoms with van der Waals surface area (Å²) >= 11 is 0. The standard InChI is InChI=1S/C13H20N2/c1-4-10-15(5-2)13-8-6-12(7-9-13)11(3)14/h4,6-9,11H,1,5,10,14H2,2-3H3. The summed E-state index contributed by atoms with van der Waals surface area (Å²) in [6, 6.07) is 8.52. The van der Waals surface area contributed by atoms with Gasteiger partial charge < -0.3 is 10.6 Å². The predicted octanol–water partition coefficient (Wildman–Crippen LogP) is 2.72. The molecule has 0 fully saturated rings. The average molecular weight is 204 g/mol. The Labute approximate surface area is 92.4 Å². The van der Waals surface area contributed by atoms with Gasteiger partial charge in [0.1, 0.15) is 0 Å². The minimum atomic E-state index is 0.105. The van der Waals surface area contributed by atoms with Crippen LogP contribution in [0.4, 0.5) is 5.69 Å². The number of rotatable bonds is 5. The van der Waals surface area contributed by atoms with Crippen LogP contribution < -0.4 is 10.6 Å². The van der Waals surface area contributed by atoms with Gasteiger partial charge in [0.05, 0.1) is 0 Å². The normalized spacial score (nSPS) is 12.2. The van der Waals surface area contributed by atoms with Crippen LogP contribution in [-0.4, -0.2) is 13.1 Å². The van der Waals surface area contributed by atoms with E-state index in [9.17, 15) is 0 Å². The van der Waals surface area contributed by atoms with Crippen molar-refractivity contribution < 1.29 is 0 Å². The van der Waals surface area contributed by atoms with Gasteiger partial charge >= 0.3 is 0 Å². The molecule has 1 aromatic carbocycles. The van der Waals surface area contributed by atoms with Crippen molar-refractivity contribution in [1.82, 2.24) is 0 Å². The third-order valence-electron chi connectivity index (χ3n) is 2.52. The first-order valence-electron chi connectivity index (χ1n) is 5.40.